The molecule has 2 rings (SSSR count). The molecule has 4 heteroatoms. The third-order valence-corrected chi connectivity index (χ3v) is 3.52. The Morgan fingerprint density at radius 3 is 2.70 bits per heavy atom. The largest absolute Gasteiger partial charge is 0.496 e. The highest BCUT2D eigenvalue weighted by molar-refractivity contribution is 6.35. The fourth-order valence-electron chi connectivity index (χ4n) is 2.28. The average molecular weight is 293 g/mol. The molecule has 2 aromatic rings. The van der Waals surface area contributed by atoms with Crippen molar-refractivity contribution >= 4 is 28.2 Å². The number of ether oxygens (including phenoxy) is 1. The molecule has 1 heterocycles. The lowest BCUT2D eigenvalue weighted by Gasteiger charge is -2.14. The van der Waals surface area contributed by atoms with E-state index in [2.05, 4.69) is 30.2 Å². The Bertz CT molecular complexity index is 599. The summed E-state index contributed by atoms with van der Waals surface area (Å²) in [7, 11) is 1.67. The first-order chi connectivity index (χ1) is 9.71. The van der Waals surface area contributed by atoms with Crippen molar-refractivity contribution in [3.8, 4) is 5.75 Å². The van der Waals surface area contributed by atoms with Crippen LogP contribution in [0, 0.1) is 0 Å². The maximum absolute atomic E-state index is 6.32. The number of rotatable bonds is 6. The number of benzene rings is 1. The summed E-state index contributed by atoms with van der Waals surface area (Å²) in [6.45, 7) is 5.21. The Balaban J connectivity index is 2.66. The summed E-state index contributed by atoms with van der Waals surface area (Å²) in [5.41, 5.74) is 2.93. The van der Waals surface area contributed by atoms with Gasteiger partial charge in [-0.25, -0.2) is 0 Å². The van der Waals surface area contributed by atoms with E-state index < -0.39 is 0 Å². The number of aromatic nitrogens is 1. The van der Waals surface area contributed by atoms with Crippen LogP contribution in [0.15, 0.2) is 18.2 Å². The van der Waals surface area contributed by atoms with Crippen LogP contribution in [0.5, 0.6) is 5.75 Å². The quantitative estimate of drug-likeness (QED) is 0.840. The lowest BCUT2D eigenvalue weighted by molar-refractivity contribution is 0.420. The summed E-state index contributed by atoms with van der Waals surface area (Å²) in [6.07, 6.45) is 3.08. The zero-order valence-electron chi connectivity index (χ0n) is 12.3. The van der Waals surface area contributed by atoms with E-state index in [1.807, 2.05) is 12.1 Å². The number of hydrogen-bond donors (Lipinski definition) is 1. The highest BCUT2D eigenvalue weighted by atomic mass is 35.5. The highest BCUT2D eigenvalue weighted by Gasteiger charge is 2.13. The van der Waals surface area contributed by atoms with E-state index in [1.54, 1.807) is 7.11 Å². The predicted octanol–water partition coefficient (Wildman–Crippen LogP) is 4.67. The summed E-state index contributed by atoms with van der Waals surface area (Å²) in [5, 5.41) is 5.09. The maximum Gasteiger partial charge on any atom is 0.130 e. The molecule has 0 saturated heterocycles. The lowest BCUT2D eigenvalue weighted by Crippen LogP contribution is -2.04. The number of methoxy groups -OCH3 is 1. The van der Waals surface area contributed by atoms with Crippen LogP contribution < -0.4 is 10.1 Å². The van der Waals surface area contributed by atoms with Crippen molar-refractivity contribution in [3.05, 3.63) is 28.9 Å². The number of anilines is 1. The van der Waals surface area contributed by atoms with Gasteiger partial charge in [0, 0.05) is 17.9 Å². The Morgan fingerprint density at radius 1 is 1.25 bits per heavy atom. The fraction of sp³-hybridized carbons (Fsp3) is 0.438. The number of halogens is 1. The minimum Gasteiger partial charge on any atom is -0.496 e. The highest BCUT2D eigenvalue weighted by Crippen LogP contribution is 2.36. The van der Waals surface area contributed by atoms with Crippen molar-refractivity contribution < 1.29 is 4.74 Å². The Labute approximate surface area is 125 Å². The summed E-state index contributed by atoms with van der Waals surface area (Å²) in [4.78, 5) is 4.69. The minimum atomic E-state index is 0.665. The Kier molecular flexibility index (Phi) is 5.07. The van der Waals surface area contributed by atoms with Crippen LogP contribution in [-0.4, -0.2) is 18.6 Å². The van der Waals surface area contributed by atoms with Crippen LogP contribution in [0.4, 0.5) is 5.69 Å². The summed E-state index contributed by atoms with van der Waals surface area (Å²) in [5.74, 6) is 0.804. The van der Waals surface area contributed by atoms with Crippen molar-refractivity contribution in [2.24, 2.45) is 0 Å². The average Bonchev–Trinajstić information content (AvgIpc) is 2.46. The number of fused-ring (bicyclic) bond motifs is 1. The van der Waals surface area contributed by atoms with E-state index in [-0.39, 0.29) is 0 Å². The molecule has 0 aliphatic carbocycles. The van der Waals surface area contributed by atoms with Crippen LogP contribution >= 0.6 is 11.6 Å². The van der Waals surface area contributed by atoms with Crippen molar-refractivity contribution in [1.29, 1.82) is 0 Å². The van der Waals surface area contributed by atoms with Gasteiger partial charge < -0.3 is 10.1 Å². The number of nitrogens with one attached hydrogen (secondary N) is 1. The van der Waals surface area contributed by atoms with Crippen molar-refractivity contribution in [2.75, 3.05) is 19.0 Å². The molecular formula is C16H21ClN2O. The van der Waals surface area contributed by atoms with Gasteiger partial charge in [0.2, 0.25) is 0 Å². The van der Waals surface area contributed by atoms with E-state index in [4.69, 9.17) is 16.3 Å². The van der Waals surface area contributed by atoms with Crippen LogP contribution in [0.1, 0.15) is 32.4 Å². The molecule has 0 saturated carbocycles. The summed E-state index contributed by atoms with van der Waals surface area (Å²) >= 11 is 6.32. The number of nitrogens with zero attached hydrogens (tertiary/aromatic N) is 1. The van der Waals surface area contributed by atoms with E-state index in [9.17, 15) is 0 Å². The van der Waals surface area contributed by atoms with Gasteiger partial charge in [-0.15, -0.1) is 0 Å². The van der Waals surface area contributed by atoms with E-state index in [0.29, 0.717) is 5.02 Å². The van der Waals surface area contributed by atoms with Gasteiger partial charge in [-0.05, 0) is 31.0 Å². The SMILES string of the molecule is CCCNc1cc(CCC)nc2c(Cl)ccc(OC)c12. The molecule has 0 radical (unpaired) electrons. The van der Waals surface area contributed by atoms with Gasteiger partial charge in [0.25, 0.3) is 0 Å². The van der Waals surface area contributed by atoms with E-state index >= 15 is 0 Å². The minimum absolute atomic E-state index is 0.665. The molecule has 1 aromatic heterocycles. The molecule has 0 unspecified atom stereocenters. The predicted molar refractivity (Wildman–Crippen MR) is 86.1 cm³/mol. The Hall–Kier alpha value is -1.48. The van der Waals surface area contributed by atoms with Crippen molar-refractivity contribution in [3.63, 3.8) is 0 Å². The lowest BCUT2D eigenvalue weighted by atomic mass is 10.1. The molecule has 0 aliphatic heterocycles. The van der Waals surface area contributed by atoms with Crippen molar-refractivity contribution in [1.82, 2.24) is 4.98 Å². The van der Waals surface area contributed by atoms with Crippen LogP contribution in [0.25, 0.3) is 10.9 Å². The van der Waals surface area contributed by atoms with Gasteiger partial charge >= 0.3 is 0 Å². The van der Waals surface area contributed by atoms with Gasteiger partial charge in [0.15, 0.2) is 0 Å². The second-order valence-corrected chi connectivity index (χ2v) is 5.22. The molecule has 20 heavy (non-hydrogen) atoms. The molecule has 1 N–H and O–H groups in total. The first kappa shape index (κ1) is 14.9. The van der Waals surface area contributed by atoms with Gasteiger partial charge in [0.05, 0.1) is 23.0 Å². The number of aryl methyl sites for hydroxylation is 1. The summed E-state index contributed by atoms with van der Waals surface area (Å²) in [6, 6.07) is 5.85. The van der Waals surface area contributed by atoms with Gasteiger partial charge in [0.1, 0.15) is 5.75 Å². The molecule has 3 nitrogen and oxygen atoms in total. The zero-order chi connectivity index (χ0) is 14.5. The third kappa shape index (κ3) is 2.98. The monoisotopic (exact) mass is 292 g/mol. The molecule has 0 spiro atoms. The fourth-order valence-corrected chi connectivity index (χ4v) is 2.48. The standard InChI is InChI=1S/C16H21ClN2O/c1-4-6-11-10-13(18-9-5-2)15-14(20-3)8-7-12(17)16(15)19-11/h7-8,10H,4-6,9H2,1-3H3,(H,18,19). The second kappa shape index (κ2) is 6.80. The van der Waals surface area contributed by atoms with Crippen LogP contribution in [-0.2, 0) is 6.42 Å². The van der Waals surface area contributed by atoms with Crippen LogP contribution in [0.3, 0.4) is 0 Å². The third-order valence-electron chi connectivity index (χ3n) is 3.22. The van der Waals surface area contributed by atoms with Gasteiger partial charge in [-0.1, -0.05) is 31.9 Å². The smallest absolute Gasteiger partial charge is 0.130 e. The molecule has 0 atom stereocenters. The van der Waals surface area contributed by atoms with Crippen LogP contribution in [0.2, 0.25) is 5.02 Å². The normalized spacial score (nSPS) is 10.8. The first-order valence-corrected chi connectivity index (χ1v) is 7.49. The van der Waals surface area contributed by atoms with Crippen molar-refractivity contribution in [2.45, 2.75) is 33.1 Å². The molecule has 1 aromatic carbocycles. The van der Waals surface area contributed by atoms with E-state index in [1.165, 1.54) is 0 Å². The molecule has 0 amide bonds. The molecule has 0 aliphatic rings. The van der Waals surface area contributed by atoms with Gasteiger partial charge in [-0.2, -0.15) is 0 Å². The first-order valence-electron chi connectivity index (χ1n) is 7.11. The molecule has 0 bridgehead atoms. The molecule has 0 fully saturated rings. The topological polar surface area (TPSA) is 34.2 Å². The molecular weight excluding hydrogens is 272 g/mol. The zero-order valence-corrected chi connectivity index (χ0v) is 13.0. The van der Waals surface area contributed by atoms with E-state index in [0.717, 1.165) is 53.8 Å². The maximum atomic E-state index is 6.32. The number of pyridine rings is 1. The molecule has 108 valence electrons. The summed E-state index contributed by atoms with van der Waals surface area (Å²) < 4.78 is 5.46. The van der Waals surface area contributed by atoms with Gasteiger partial charge in [-0.3, -0.25) is 4.98 Å². The second-order valence-electron chi connectivity index (χ2n) is 4.81. The Morgan fingerprint density at radius 2 is 2.05 bits per heavy atom. The number of hydrogen-bond acceptors (Lipinski definition) is 3.